The van der Waals surface area contributed by atoms with Gasteiger partial charge in [0.2, 0.25) is 0 Å². The first-order chi connectivity index (χ1) is 16.2. The highest BCUT2D eigenvalue weighted by atomic mass is 16.4. The van der Waals surface area contributed by atoms with Crippen LogP contribution < -0.4 is 5.69 Å². The zero-order valence-electron chi connectivity index (χ0n) is 19.7. The molecule has 0 amide bonds. The zero-order chi connectivity index (χ0) is 24.3. The quantitative estimate of drug-likeness (QED) is 0.426. The first kappa shape index (κ1) is 23.2. The number of aromatic nitrogens is 3. The van der Waals surface area contributed by atoms with E-state index in [-0.39, 0.29) is 16.7 Å². The average Bonchev–Trinajstić information content (AvgIpc) is 3.14. The fraction of sp³-hybridized carbons (Fsp3) is 0.250. The maximum Gasteiger partial charge on any atom is 0.346 e. The van der Waals surface area contributed by atoms with E-state index in [9.17, 15) is 14.7 Å². The van der Waals surface area contributed by atoms with E-state index < -0.39 is 5.97 Å². The van der Waals surface area contributed by atoms with Crippen LogP contribution in [0.5, 0.6) is 0 Å². The van der Waals surface area contributed by atoms with Crippen molar-refractivity contribution in [3.05, 3.63) is 112 Å². The molecule has 4 aromatic rings. The van der Waals surface area contributed by atoms with Crippen molar-refractivity contribution in [2.75, 3.05) is 0 Å². The van der Waals surface area contributed by atoms with Crippen LogP contribution in [-0.4, -0.2) is 25.4 Å². The number of aromatic carboxylic acids is 1. The average molecular weight is 456 g/mol. The maximum absolute atomic E-state index is 13.3. The second kappa shape index (κ2) is 9.51. The third-order valence-corrected chi connectivity index (χ3v) is 5.81. The Kier molecular flexibility index (Phi) is 6.50. The van der Waals surface area contributed by atoms with E-state index in [1.165, 1.54) is 5.56 Å². The summed E-state index contributed by atoms with van der Waals surface area (Å²) in [4.78, 5) is 24.8. The van der Waals surface area contributed by atoms with Crippen LogP contribution in [0.3, 0.4) is 0 Å². The van der Waals surface area contributed by atoms with Gasteiger partial charge in [0, 0.05) is 5.41 Å². The summed E-state index contributed by atoms with van der Waals surface area (Å²) in [6.07, 6.45) is 0.735. The Hall–Kier alpha value is -3.93. The highest BCUT2D eigenvalue weighted by molar-refractivity contribution is 5.95. The fourth-order valence-corrected chi connectivity index (χ4v) is 4.06. The smallest absolute Gasteiger partial charge is 0.346 e. The Labute approximate surface area is 199 Å². The summed E-state index contributed by atoms with van der Waals surface area (Å²) in [6, 6.07) is 24.7. The predicted molar refractivity (Wildman–Crippen MR) is 133 cm³/mol. The van der Waals surface area contributed by atoms with Gasteiger partial charge in [-0.3, -0.25) is 4.57 Å². The zero-order valence-corrected chi connectivity index (χ0v) is 19.7. The molecular weight excluding hydrogens is 426 g/mol. The third kappa shape index (κ3) is 5.01. The molecule has 4 rings (SSSR count). The van der Waals surface area contributed by atoms with Crippen LogP contribution in [0.2, 0.25) is 0 Å². The van der Waals surface area contributed by atoms with Gasteiger partial charge in [-0.1, -0.05) is 93.6 Å². The second-order valence-corrected chi connectivity index (χ2v) is 9.45. The SMILES string of the molecule is CC(C)(C)c1nn(CCc2ccccc2)c(=O)n1Cc1ccc(-c2ccccc2C(=O)O)cc1. The molecule has 0 bridgehead atoms. The van der Waals surface area contributed by atoms with Crippen LogP contribution in [0.4, 0.5) is 0 Å². The van der Waals surface area contributed by atoms with Crippen molar-refractivity contribution in [3.8, 4) is 11.1 Å². The minimum atomic E-state index is -0.955. The van der Waals surface area contributed by atoms with Crippen LogP contribution in [0.25, 0.3) is 11.1 Å². The topological polar surface area (TPSA) is 77.1 Å². The Bertz CT molecular complexity index is 1340. The molecule has 0 saturated heterocycles. The van der Waals surface area contributed by atoms with E-state index in [0.29, 0.717) is 18.7 Å². The molecule has 6 heteroatoms. The molecule has 0 fully saturated rings. The van der Waals surface area contributed by atoms with Gasteiger partial charge in [0.05, 0.1) is 18.7 Å². The van der Waals surface area contributed by atoms with E-state index in [4.69, 9.17) is 5.10 Å². The minimum absolute atomic E-state index is 0.124. The van der Waals surface area contributed by atoms with Gasteiger partial charge in [-0.25, -0.2) is 14.3 Å². The van der Waals surface area contributed by atoms with Crippen molar-refractivity contribution in [1.82, 2.24) is 14.3 Å². The number of hydrogen-bond donors (Lipinski definition) is 1. The number of hydrogen-bond acceptors (Lipinski definition) is 3. The number of benzene rings is 3. The van der Waals surface area contributed by atoms with Crippen molar-refractivity contribution in [1.29, 1.82) is 0 Å². The normalized spacial score (nSPS) is 11.5. The standard InChI is InChI=1S/C28H29N3O3/c1-28(2,3)26-29-31(18-17-20-9-5-4-6-10-20)27(34)30(26)19-21-13-15-22(16-14-21)23-11-7-8-12-24(23)25(32)33/h4-16H,17-19H2,1-3H3,(H,32,33). The molecule has 34 heavy (non-hydrogen) atoms. The Morgan fingerprint density at radius 2 is 1.53 bits per heavy atom. The fourth-order valence-electron chi connectivity index (χ4n) is 4.06. The lowest BCUT2D eigenvalue weighted by Crippen LogP contribution is -2.28. The van der Waals surface area contributed by atoms with E-state index in [2.05, 4.69) is 32.9 Å². The number of nitrogens with zero attached hydrogens (tertiary/aromatic N) is 3. The van der Waals surface area contributed by atoms with Gasteiger partial charge in [-0.15, -0.1) is 0 Å². The molecule has 0 unspecified atom stereocenters. The second-order valence-electron chi connectivity index (χ2n) is 9.45. The van der Waals surface area contributed by atoms with Crippen molar-refractivity contribution in [2.45, 2.75) is 45.7 Å². The van der Waals surface area contributed by atoms with E-state index in [0.717, 1.165) is 23.4 Å². The molecule has 1 N–H and O–H groups in total. The molecule has 0 aliphatic rings. The highest BCUT2D eigenvalue weighted by Crippen LogP contribution is 2.25. The summed E-state index contributed by atoms with van der Waals surface area (Å²) in [6.45, 7) is 7.08. The van der Waals surface area contributed by atoms with Crippen molar-refractivity contribution < 1.29 is 9.90 Å². The molecule has 0 aliphatic heterocycles. The monoisotopic (exact) mass is 455 g/mol. The van der Waals surface area contributed by atoms with Gasteiger partial charge in [-0.2, -0.15) is 5.10 Å². The number of carboxylic acid groups (broad SMARTS) is 1. The molecule has 0 aliphatic carbocycles. The van der Waals surface area contributed by atoms with Crippen molar-refractivity contribution in [3.63, 3.8) is 0 Å². The Balaban J connectivity index is 1.61. The number of aryl methyl sites for hydroxylation is 2. The Morgan fingerprint density at radius 1 is 0.882 bits per heavy atom. The van der Waals surface area contributed by atoms with Gasteiger partial charge in [0.1, 0.15) is 5.82 Å². The summed E-state index contributed by atoms with van der Waals surface area (Å²) in [5.74, 6) is -0.213. The van der Waals surface area contributed by atoms with Crippen LogP contribution in [0, 0.1) is 0 Å². The predicted octanol–water partition coefficient (Wildman–Crippen LogP) is 5.00. The third-order valence-electron chi connectivity index (χ3n) is 5.81. The summed E-state index contributed by atoms with van der Waals surface area (Å²) >= 11 is 0. The molecule has 1 aromatic heterocycles. The van der Waals surface area contributed by atoms with E-state index in [1.54, 1.807) is 27.4 Å². The van der Waals surface area contributed by atoms with Crippen molar-refractivity contribution >= 4 is 5.97 Å². The summed E-state index contributed by atoms with van der Waals surface area (Å²) < 4.78 is 3.30. The van der Waals surface area contributed by atoms with Gasteiger partial charge >= 0.3 is 11.7 Å². The number of carboxylic acids is 1. The van der Waals surface area contributed by atoms with E-state index >= 15 is 0 Å². The van der Waals surface area contributed by atoms with Gasteiger partial charge < -0.3 is 5.11 Å². The minimum Gasteiger partial charge on any atom is -0.478 e. The van der Waals surface area contributed by atoms with Crippen LogP contribution >= 0.6 is 0 Å². The number of rotatable bonds is 7. The van der Waals surface area contributed by atoms with Crippen LogP contribution in [0.1, 0.15) is 48.1 Å². The number of carbonyl (C=O) groups is 1. The molecular formula is C28H29N3O3. The lowest BCUT2D eigenvalue weighted by molar-refractivity contribution is 0.0697. The first-order valence-corrected chi connectivity index (χ1v) is 11.4. The van der Waals surface area contributed by atoms with Crippen LogP contribution in [-0.2, 0) is 24.9 Å². The molecule has 3 aromatic carbocycles. The van der Waals surface area contributed by atoms with Crippen LogP contribution in [0.15, 0.2) is 83.7 Å². The molecule has 6 nitrogen and oxygen atoms in total. The molecule has 0 spiro atoms. The highest BCUT2D eigenvalue weighted by Gasteiger charge is 2.25. The lowest BCUT2D eigenvalue weighted by Gasteiger charge is -2.18. The van der Waals surface area contributed by atoms with E-state index in [1.807, 2.05) is 48.5 Å². The van der Waals surface area contributed by atoms with Gasteiger partial charge in [0.25, 0.3) is 0 Å². The maximum atomic E-state index is 13.3. The molecule has 174 valence electrons. The molecule has 0 saturated carbocycles. The van der Waals surface area contributed by atoms with Gasteiger partial charge in [0.15, 0.2) is 0 Å². The summed E-state index contributed by atoms with van der Waals surface area (Å²) in [5, 5.41) is 14.2. The Morgan fingerprint density at radius 3 is 2.18 bits per heavy atom. The molecule has 1 heterocycles. The van der Waals surface area contributed by atoms with Gasteiger partial charge in [-0.05, 0) is 34.7 Å². The van der Waals surface area contributed by atoms with Crippen molar-refractivity contribution in [2.24, 2.45) is 0 Å². The molecule has 0 radical (unpaired) electrons. The molecule has 0 atom stereocenters. The summed E-state index contributed by atoms with van der Waals surface area (Å²) in [5.41, 5.74) is 3.46. The largest absolute Gasteiger partial charge is 0.478 e. The lowest BCUT2D eigenvalue weighted by atomic mass is 9.95. The summed E-state index contributed by atoms with van der Waals surface area (Å²) in [7, 11) is 0. The first-order valence-electron chi connectivity index (χ1n) is 11.4.